The Balaban J connectivity index is 2.51. The number of anilines is 1. The molecule has 0 bridgehead atoms. The number of aromatic nitrogens is 1. The summed E-state index contributed by atoms with van der Waals surface area (Å²) < 4.78 is 26.2. The van der Waals surface area contributed by atoms with E-state index in [1.165, 1.54) is 32.2 Å². The number of piperazine rings is 1. The molecule has 2 amide bonds. The van der Waals surface area contributed by atoms with Crippen molar-refractivity contribution in [2.24, 2.45) is 5.84 Å². The summed E-state index contributed by atoms with van der Waals surface area (Å²) in [6.07, 6.45) is 1.26. The van der Waals surface area contributed by atoms with E-state index in [1.807, 2.05) is 0 Å². The van der Waals surface area contributed by atoms with E-state index in [2.05, 4.69) is 15.7 Å². The zero-order valence-electron chi connectivity index (χ0n) is 11.5. The van der Waals surface area contributed by atoms with Crippen molar-refractivity contribution in [3.8, 4) is 0 Å². The summed E-state index contributed by atoms with van der Waals surface area (Å²) in [6, 6.07) is 2.49. The lowest BCUT2D eigenvalue weighted by molar-refractivity contribution is -0.141. The molecule has 0 aromatic carbocycles. The molecule has 1 aliphatic heterocycles. The number of hydrogen-bond acceptors (Lipinski definition) is 7. The van der Waals surface area contributed by atoms with Gasteiger partial charge in [0.1, 0.15) is 11.4 Å². The number of nitrogens with one attached hydrogen (secondary N) is 2. The van der Waals surface area contributed by atoms with Crippen molar-refractivity contribution in [3.63, 3.8) is 0 Å². The minimum absolute atomic E-state index is 0.110. The fourth-order valence-electron chi connectivity index (χ4n) is 1.92. The third kappa shape index (κ3) is 2.60. The van der Waals surface area contributed by atoms with Gasteiger partial charge in [-0.05, 0) is 19.9 Å². The van der Waals surface area contributed by atoms with Gasteiger partial charge in [-0.1, -0.05) is 0 Å². The van der Waals surface area contributed by atoms with Crippen LogP contribution in [0.25, 0.3) is 0 Å². The first-order chi connectivity index (χ1) is 9.69. The Labute approximate surface area is 121 Å². The van der Waals surface area contributed by atoms with Crippen LogP contribution < -0.4 is 16.6 Å². The number of carbonyl (C=O) groups is 2. The number of imide groups is 1. The summed E-state index contributed by atoms with van der Waals surface area (Å²) in [4.78, 5) is 27.1. The molecule has 4 N–H and O–H groups in total. The van der Waals surface area contributed by atoms with Crippen molar-refractivity contribution in [2.75, 3.05) is 12.0 Å². The molecule has 114 valence electrons. The quantitative estimate of drug-likeness (QED) is 0.362. The molecule has 2 rings (SSSR count). The number of pyridine rings is 1. The highest BCUT2D eigenvalue weighted by atomic mass is 32.2. The summed E-state index contributed by atoms with van der Waals surface area (Å²) in [7, 11) is -4.05. The smallest absolute Gasteiger partial charge is 0.247 e. The number of nitrogen functional groups attached to an aromatic ring is 1. The predicted octanol–water partition coefficient (Wildman–Crippen LogP) is -1.21. The minimum Gasteiger partial charge on any atom is -0.308 e. The van der Waals surface area contributed by atoms with E-state index in [4.69, 9.17) is 5.84 Å². The van der Waals surface area contributed by atoms with Crippen LogP contribution in [-0.2, 0) is 19.6 Å². The van der Waals surface area contributed by atoms with Crippen molar-refractivity contribution in [3.05, 3.63) is 18.3 Å². The lowest BCUT2D eigenvalue weighted by Crippen LogP contribution is -2.65. The van der Waals surface area contributed by atoms with Gasteiger partial charge in [-0.3, -0.25) is 14.9 Å². The first-order valence-corrected chi connectivity index (χ1v) is 7.43. The molecule has 0 saturated carbocycles. The maximum atomic E-state index is 12.7. The number of nitrogens with two attached hydrogens (primary N) is 1. The standard InChI is InChI=1S/C11H15N5O4S/c1-11(2)10(18)14-9(17)6-16(11)21(19,20)7-3-4-13-8(5-7)15-12/h3-5H,6,12H2,1-2H3,(H,13,15)(H,14,17,18). The predicted molar refractivity (Wildman–Crippen MR) is 73.2 cm³/mol. The van der Waals surface area contributed by atoms with Gasteiger partial charge in [-0.25, -0.2) is 19.2 Å². The fourth-order valence-corrected chi connectivity index (χ4v) is 3.64. The second-order valence-corrected chi connectivity index (χ2v) is 6.83. The normalized spacial score (nSPS) is 19.2. The number of rotatable bonds is 3. The molecule has 1 saturated heterocycles. The third-order valence-corrected chi connectivity index (χ3v) is 5.20. The van der Waals surface area contributed by atoms with Crippen LogP contribution in [0.5, 0.6) is 0 Å². The van der Waals surface area contributed by atoms with Crippen LogP contribution >= 0.6 is 0 Å². The largest absolute Gasteiger partial charge is 0.308 e. The molecule has 0 unspecified atom stereocenters. The monoisotopic (exact) mass is 313 g/mol. The van der Waals surface area contributed by atoms with E-state index in [0.717, 1.165) is 4.31 Å². The van der Waals surface area contributed by atoms with E-state index in [0.29, 0.717) is 0 Å². The van der Waals surface area contributed by atoms with Gasteiger partial charge in [0.25, 0.3) is 0 Å². The molecule has 0 aliphatic carbocycles. The Kier molecular flexibility index (Phi) is 3.70. The van der Waals surface area contributed by atoms with Crippen LogP contribution in [-0.4, -0.2) is 41.6 Å². The van der Waals surface area contributed by atoms with Crippen molar-refractivity contribution in [1.82, 2.24) is 14.6 Å². The van der Waals surface area contributed by atoms with Gasteiger partial charge < -0.3 is 5.43 Å². The summed E-state index contributed by atoms with van der Waals surface area (Å²) in [5.74, 6) is 4.01. The maximum Gasteiger partial charge on any atom is 0.247 e. The second-order valence-electron chi connectivity index (χ2n) is 4.97. The molecule has 2 heterocycles. The van der Waals surface area contributed by atoms with E-state index in [1.54, 1.807) is 0 Å². The van der Waals surface area contributed by atoms with Crippen LogP contribution in [0.1, 0.15) is 13.8 Å². The van der Waals surface area contributed by atoms with Crippen LogP contribution in [0.3, 0.4) is 0 Å². The number of sulfonamides is 1. The Morgan fingerprint density at radius 1 is 1.43 bits per heavy atom. The highest BCUT2D eigenvalue weighted by Gasteiger charge is 2.47. The topological polar surface area (TPSA) is 134 Å². The van der Waals surface area contributed by atoms with Gasteiger partial charge in [0.05, 0.1) is 11.4 Å². The minimum atomic E-state index is -4.05. The van der Waals surface area contributed by atoms with Gasteiger partial charge in [0, 0.05) is 12.3 Å². The number of amides is 2. The van der Waals surface area contributed by atoms with Gasteiger partial charge in [-0.2, -0.15) is 4.31 Å². The van der Waals surface area contributed by atoms with Crippen LogP contribution in [0.4, 0.5) is 5.82 Å². The summed E-state index contributed by atoms with van der Waals surface area (Å²) in [5, 5.41) is 2.12. The van der Waals surface area contributed by atoms with Crippen molar-refractivity contribution >= 4 is 27.7 Å². The Bertz CT molecular complexity index is 700. The van der Waals surface area contributed by atoms with Gasteiger partial charge in [-0.15, -0.1) is 0 Å². The van der Waals surface area contributed by atoms with E-state index in [9.17, 15) is 18.0 Å². The van der Waals surface area contributed by atoms with Crippen LogP contribution in [0.2, 0.25) is 0 Å². The molecule has 1 aliphatic rings. The number of nitrogens with zero attached hydrogens (tertiary/aromatic N) is 2. The highest BCUT2D eigenvalue weighted by molar-refractivity contribution is 7.89. The molecule has 1 fully saturated rings. The molecule has 0 radical (unpaired) electrons. The van der Waals surface area contributed by atoms with E-state index < -0.39 is 33.9 Å². The van der Waals surface area contributed by atoms with Gasteiger partial charge >= 0.3 is 0 Å². The van der Waals surface area contributed by atoms with Crippen LogP contribution in [0.15, 0.2) is 23.2 Å². The molecule has 21 heavy (non-hydrogen) atoms. The maximum absolute atomic E-state index is 12.7. The van der Waals surface area contributed by atoms with Crippen molar-refractivity contribution < 1.29 is 18.0 Å². The summed E-state index contributed by atoms with van der Waals surface area (Å²) in [5.41, 5.74) is 0.858. The number of carbonyl (C=O) groups excluding carboxylic acids is 2. The molecule has 1 aromatic heterocycles. The van der Waals surface area contributed by atoms with Gasteiger partial charge in [0.2, 0.25) is 21.8 Å². The van der Waals surface area contributed by atoms with E-state index in [-0.39, 0.29) is 10.7 Å². The number of hydrazine groups is 1. The fraction of sp³-hybridized carbons (Fsp3) is 0.364. The third-order valence-electron chi connectivity index (χ3n) is 3.19. The summed E-state index contributed by atoms with van der Waals surface area (Å²) in [6.45, 7) is 2.42. The average Bonchev–Trinajstić information content (AvgIpc) is 2.43. The molecule has 0 atom stereocenters. The molecule has 0 spiro atoms. The number of hydrogen-bond donors (Lipinski definition) is 3. The first kappa shape index (κ1) is 15.4. The lowest BCUT2D eigenvalue weighted by atomic mass is 10.0. The van der Waals surface area contributed by atoms with Crippen molar-refractivity contribution in [1.29, 1.82) is 0 Å². The lowest BCUT2D eigenvalue weighted by Gasteiger charge is -2.38. The van der Waals surface area contributed by atoms with Crippen molar-refractivity contribution in [2.45, 2.75) is 24.3 Å². The first-order valence-electron chi connectivity index (χ1n) is 5.99. The average molecular weight is 313 g/mol. The molecule has 10 heteroatoms. The molecule has 1 aromatic rings. The Morgan fingerprint density at radius 3 is 2.71 bits per heavy atom. The van der Waals surface area contributed by atoms with E-state index >= 15 is 0 Å². The highest BCUT2D eigenvalue weighted by Crippen LogP contribution is 2.27. The zero-order chi connectivity index (χ0) is 15.8. The second kappa shape index (κ2) is 5.06. The molecular weight excluding hydrogens is 298 g/mol. The Hall–Kier alpha value is -2.04. The van der Waals surface area contributed by atoms with Gasteiger partial charge in [0.15, 0.2) is 0 Å². The molecular formula is C11H15N5O4S. The zero-order valence-corrected chi connectivity index (χ0v) is 12.3. The Morgan fingerprint density at radius 2 is 2.10 bits per heavy atom. The van der Waals surface area contributed by atoms with Crippen LogP contribution in [0, 0.1) is 0 Å². The SMILES string of the molecule is CC1(C)C(=O)NC(=O)CN1S(=O)(=O)c1ccnc(NN)c1. The summed E-state index contributed by atoms with van der Waals surface area (Å²) >= 11 is 0. The molecule has 9 nitrogen and oxygen atoms in total.